The van der Waals surface area contributed by atoms with E-state index in [0.29, 0.717) is 42.6 Å². The minimum Gasteiger partial charge on any atom is -0.428 e. The largest absolute Gasteiger partial charge is 0.511 e. The van der Waals surface area contributed by atoms with Crippen LogP contribution in [0.25, 0.3) is 0 Å². The quantitative estimate of drug-likeness (QED) is 0.0479. The Bertz CT molecular complexity index is 1610. The monoisotopic (exact) mass is 739 g/mol. The Morgan fingerprint density at radius 3 is 1.77 bits per heavy atom. The normalized spacial score (nSPS) is 15.7. The topological polar surface area (TPSA) is 91.3 Å². The van der Waals surface area contributed by atoms with Gasteiger partial charge in [-0.3, -0.25) is 4.79 Å². The number of esters is 1. The predicted octanol–water partition coefficient (Wildman–Crippen LogP) is 8.90. The van der Waals surface area contributed by atoms with Crippen LogP contribution in [0.1, 0.15) is 59.9 Å². The van der Waals surface area contributed by atoms with Crippen LogP contribution in [0, 0.1) is 4.91 Å². The zero-order chi connectivity index (χ0) is 37.8. The summed E-state index contributed by atoms with van der Waals surface area (Å²) >= 11 is 0. The molecule has 3 aromatic rings. The molecule has 1 atom stereocenters. The fourth-order valence-electron chi connectivity index (χ4n) is 6.55. The second-order valence-corrected chi connectivity index (χ2v) is 13.5. The highest BCUT2D eigenvalue weighted by Gasteiger charge is 2.33. The first-order chi connectivity index (χ1) is 24.6. The van der Waals surface area contributed by atoms with E-state index < -0.39 is 42.4 Å². The molecule has 1 saturated heterocycles. The predicted molar refractivity (Wildman–Crippen MR) is 178 cm³/mol. The average molecular weight is 740 g/mol. The highest BCUT2D eigenvalue weighted by atomic mass is 19.4. The number of nitroso groups, excluding NO2 is 1. The number of benzene rings is 3. The second-order valence-electron chi connectivity index (χ2n) is 13.5. The molecule has 0 saturated carbocycles. The van der Waals surface area contributed by atoms with Gasteiger partial charge in [0.2, 0.25) is 6.79 Å². The van der Waals surface area contributed by atoms with Crippen LogP contribution in [-0.2, 0) is 51.0 Å². The summed E-state index contributed by atoms with van der Waals surface area (Å²) in [5.41, 5.74) is 1.04. The standard InChI is InChI=1S/C37H43F6N3O6/c1-45(25-29-11-17-33(44-49)18-12-29,24-28-7-13-31(14-8-28)36(38,39)40)22-23-50-35(48)52-27-51-34(47)6-5-21-46(19-3-2-4-20-46)26-30-9-15-32(16-10-30)37(41,42)43/h7-18H,2-6,19-27H2,1H3/q+2. The number of carbonyl (C=O) groups is 2. The van der Waals surface area contributed by atoms with Gasteiger partial charge in [0.1, 0.15) is 38.5 Å². The van der Waals surface area contributed by atoms with Crippen molar-refractivity contribution in [1.82, 2.24) is 0 Å². The third-order valence-corrected chi connectivity index (χ3v) is 9.28. The maximum atomic E-state index is 13.1. The molecule has 0 bridgehead atoms. The summed E-state index contributed by atoms with van der Waals surface area (Å²) in [6, 6.07) is 16.6. The van der Waals surface area contributed by atoms with Crippen molar-refractivity contribution in [1.29, 1.82) is 0 Å². The summed E-state index contributed by atoms with van der Waals surface area (Å²) in [5.74, 6) is -0.575. The van der Waals surface area contributed by atoms with E-state index in [4.69, 9.17) is 14.2 Å². The number of hydrogen-bond donors (Lipinski definition) is 0. The molecule has 1 fully saturated rings. The third-order valence-electron chi connectivity index (χ3n) is 9.28. The van der Waals surface area contributed by atoms with Crippen molar-refractivity contribution in [3.63, 3.8) is 0 Å². The highest BCUT2D eigenvalue weighted by molar-refractivity contribution is 5.69. The van der Waals surface area contributed by atoms with Crippen molar-refractivity contribution in [2.45, 2.75) is 64.1 Å². The molecule has 9 nitrogen and oxygen atoms in total. The molecule has 0 spiro atoms. The van der Waals surface area contributed by atoms with E-state index in [1.807, 2.05) is 7.05 Å². The van der Waals surface area contributed by atoms with E-state index in [1.54, 1.807) is 24.3 Å². The Morgan fingerprint density at radius 1 is 0.731 bits per heavy atom. The molecule has 0 radical (unpaired) electrons. The van der Waals surface area contributed by atoms with Crippen LogP contribution in [0.2, 0.25) is 0 Å². The molecule has 0 N–H and O–H groups in total. The lowest BCUT2D eigenvalue weighted by atomic mass is 10.0. The van der Waals surface area contributed by atoms with Crippen LogP contribution >= 0.6 is 0 Å². The average Bonchev–Trinajstić information content (AvgIpc) is 3.08. The SMILES string of the molecule is C[N+](CCOC(=O)OCOC(=O)CCC[N+]1(Cc2ccc(C(F)(F)F)cc2)CCCCC1)(Cc1ccc(N=O)cc1)Cc1ccc(C(F)(F)F)cc1. The first kappa shape index (κ1) is 40.3. The highest BCUT2D eigenvalue weighted by Crippen LogP contribution is 2.31. The van der Waals surface area contributed by atoms with Gasteiger partial charge in [0.25, 0.3) is 0 Å². The molecule has 0 aliphatic carbocycles. The third kappa shape index (κ3) is 12.6. The number of rotatable bonds is 16. The van der Waals surface area contributed by atoms with E-state index in [9.17, 15) is 40.8 Å². The van der Waals surface area contributed by atoms with Crippen LogP contribution in [0.4, 0.5) is 36.8 Å². The number of nitrogens with zero attached hydrogens (tertiary/aromatic N) is 3. The number of piperidine rings is 1. The van der Waals surface area contributed by atoms with E-state index >= 15 is 0 Å². The second kappa shape index (κ2) is 17.8. The number of alkyl halides is 6. The summed E-state index contributed by atoms with van der Waals surface area (Å²) in [6.07, 6.45) is -6.34. The van der Waals surface area contributed by atoms with Crippen LogP contribution in [0.5, 0.6) is 0 Å². The van der Waals surface area contributed by atoms with Gasteiger partial charge in [-0.2, -0.15) is 26.3 Å². The number of ether oxygens (including phenoxy) is 3. The minimum absolute atomic E-state index is 0.0646. The summed E-state index contributed by atoms with van der Waals surface area (Å²) in [7, 11) is 1.85. The van der Waals surface area contributed by atoms with Crippen molar-refractivity contribution in [3.8, 4) is 0 Å². The summed E-state index contributed by atoms with van der Waals surface area (Å²) in [5, 5.41) is 2.89. The summed E-state index contributed by atoms with van der Waals surface area (Å²) in [6.45, 7) is 3.08. The van der Waals surface area contributed by atoms with Gasteiger partial charge in [0, 0.05) is 23.1 Å². The van der Waals surface area contributed by atoms with Crippen molar-refractivity contribution in [2.24, 2.45) is 5.18 Å². The lowest BCUT2D eigenvalue weighted by Gasteiger charge is -2.42. The molecular weight excluding hydrogens is 696 g/mol. The number of hydrogen-bond acceptors (Lipinski definition) is 7. The number of likely N-dealkylation sites (tertiary alicyclic amines) is 1. The van der Waals surface area contributed by atoms with Crippen LogP contribution in [0.15, 0.2) is 78.0 Å². The molecule has 1 aliphatic rings. The maximum Gasteiger partial charge on any atom is 0.511 e. The lowest BCUT2D eigenvalue weighted by molar-refractivity contribution is -0.945. The Labute approximate surface area is 298 Å². The smallest absolute Gasteiger partial charge is 0.428 e. The molecule has 1 heterocycles. The van der Waals surface area contributed by atoms with Crippen molar-refractivity contribution >= 4 is 17.8 Å². The zero-order valence-electron chi connectivity index (χ0n) is 28.9. The van der Waals surface area contributed by atoms with Gasteiger partial charge in [-0.1, -0.05) is 36.4 Å². The Balaban J connectivity index is 1.22. The Morgan fingerprint density at radius 2 is 1.25 bits per heavy atom. The lowest BCUT2D eigenvalue weighted by Crippen LogP contribution is -2.51. The molecule has 52 heavy (non-hydrogen) atoms. The molecule has 15 heteroatoms. The van der Waals surface area contributed by atoms with Crippen LogP contribution < -0.4 is 0 Å². The zero-order valence-corrected chi connectivity index (χ0v) is 28.9. The molecular formula is C37H43F6N3O6+2. The first-order valence-corrected chi connectivity index (χ1v) is 17.0. The molecule has 282 valence electrons. The van der Waals surface area contributed by atoms with Crippen molar-refractivity contribution in [3.05, 3.63) is 106 Å². The number of carbonyl (C=O) groups excluding carboxylic acids is 2. The maximum absolute atomic E-state index is 13.1. The van der Waals surface area contributed by atoms with E-state index in [0.717, 1.165) is 67.7 Å². The fourth-order valence-corrected chi connectivity index (χ4v) is 6.55. The molecule has 0 aromatic heterocycles. The Kier molecular flexibility index (Phi) is 13.8. The number of likely N-dealkylation sites (N-methyl/N-ethyl adjacent to an activating group) is 1. The van der Waals surface area contributed by atoms with Gasteiger partial charge in [0.05, 0.1) is 44.2 Å². The molecule has 1 unspecified atom stereocenters. The minimum atomic E-state index is -4.47. The van der Waals surface area contributed by atoms with Crippen molar-refractivity contribution < 1.29 is 59.1 Å². The number of quaternary nitrogens is 2. The summed E-state index contributed by atoms with van der Waals surface area (Å²) in [4.78, 5) is 35.5. The van der Waals surface area contributed by atoms with Gasteiger partial charge in [-0.25, -0.2) is 4.79 Å². The summed E-state index contributed by atoms with van der Waals surface area (Å²) < 4.78 is 94.3. The van der Waals surface area contributed by atoms with Gasteiger partial charge >= 0.3 is 24.5 Å². The van der Waals surface area contributed by atoms with E-state index in [2.05, 4.69) is 5.18 Å². The first-order valence-electron chi connectivity index (χ1n) is 17.0. The van der Waals surface area contributed by atoms with Crippen LogP contribution in [0.3, 0.4) is 0 Å². The van der Waals surface area contributed by atoms with Crippen molar-refractivity contribution in [2.75, 3.05) is 46.6 Å². The molecule has 3 aromatic carbocycles. The van der Waals surface area contributed by atoms with Gasteiger partial charge in [0.15, 0.2) is 0 Å². The van der Waals surface area contributed by atoms with E-state index in [1.165, 1.54) is 24.3 Å². The van der Waals surface area contributed by atoms with Gasteiger partial charge < -0.3 is 23.2 Å². The van der Waals surface area contributed by atoms with E-state index in [-0.39, 0.29) is 29.7 Å². The van der Waals surface area contributed by atoms with Crippen LogP contribution in [-0.4, -0.2) is 67.7 Å². The molecule has 0 amide bonds. The number of halogens is 6. The molecule has 4 rings (SSSR count). The fraction of sp³-hybridized carbons (Fsp3) is 0.459. The van der Waals surface area contributed by atoms with Gasteiger partial charge in [-0.05, 0) is 60.8 Å². The van der Waals surface area contributed by atoms with Gasteiger partial charge in [-0.15, -0.1) is 4.91 Å². The molecule has 1 aliphatic heterocycles. The Hall–Kier alpha value is -4.50.